The molecule has 0 aromatic carbocycles. The van der Waals surface area contributed by atoms with Crippen LogP contribution in [0.15, 0.2) is 184 Å². The average molecular weight is 1320 g/mol. The number of rotatable bonds is 13. The van der Waals surface area contributed by atoms with Crippen LogP contribution in [0.4, 0.5) is 10.3 Å². The summed E-state index contributed by atoms with van der Waals surface area (Å²) in [5, 5.41) is 52.9. The second-order valence-electron chi connectivity index (χ2n) is 17.7. The fourth-order valence-electron chi connectivity index (χ4n) is 7.12. The Morgan fingerprint density at radius 2 is 0.802 bits per heavy atom. The van der Waals surface area contributed by atoms with E-state index >= 15 is 0 Å². The number of hydrogen-bond donors (Lipinski definition) is 8. The molecule has 0 atom stereocenters. The quantitative estimate of drug-likeness (QED) is 0.0624. The highest BCUT2D eigenvalue weighted by molar-refractivity contribution is 6.29. The smallest absolute Gasteiger partial charge is 0.354 e. The number of carbonyl (C=O) groups is 6. The zero-order valence-electron chi connectivity index (χ0n) is 48.5. The summed E-state index contributed by atoms with van der Waals surface area (Å²) in [7, 11) is 1.51. The normalized spacial score (nSPS) is 9.99. The highest BCUT2D eigenvalue weighted by atomic mass is 35.5. The largest absolute Gasteiger partial charge is 0.481 e. The highest BCUT2D eigenvalue weighted by Gasteiger charge is 2.15. The van der Waals surface area contributed by atoms with Crippen LogP contribution in [0.1, 0.15) is 62.9 Å². The molecule has 0 aliphatic rings. The van der Waals surface area contributed by atoms with Gasteiger partial charge in [-0.15, -0.1) is 0 Å². The first-order valence-corrected chi connectivity index (χ1v) is 26.6. The summed E-state index contributed by atoms with van der Waals surface area (Å²) in [5.74, 6) is -6.69. The van der Waals surface area contributed by atoms with Crippen molar-refractivity contribution in [3.8, 4) is 73.4 Å². The van der Waals surface area contributed by atoms with E-state index in [0.717, 1.165) is 24.4 Å². The maximum atomic E-state index is 13.3. The molecule has 0 amide bonds. The van der Waals surface area contributed by atoms with Crippen molar-refractivity contribution in [2.45, 2.75) is 0 Å². The van der Waals surface area contributed by atoms with Gasteiger partial charge in [-0.3, -0.25) is 9.78 Å². The first kappa shape index (κ1) is 69.2. The van der Waals surface area contributed by atoms with Gasteiger partial charge >= 0.3 is 35.8 Å². The van der Waals surface area contributed by atoms with Gasteiger partial charge in [-0.25, -0.2) is 123 Å². The molecular weight excluding hydrogens is 1280 g/mol. The van der Waals surface area contributed by atoms with Gasteiger partial charge < -0.3 is 46.1 Å². The highest BCUT2D eigenvalue weighted by Crippen LogP contribution is 2.23. The van der Waals surface area contributed by atoms with Crippen molar-refractivity contribution in [2.75, 3.05) is 12.8 Å². The van der Waals surface area contributed by atoms with Gasteiger partial charge in [0.1, 0.15) is 49.4 Å². The molecule has 0 fully saturated rings. The van der Waals surface area contributed by atoms with Crippen LogP contribution in [-0.4, -0.2) is 173 Å². The van der Waals surface area contributed by atoms with Gasteiger partial charge in [0.05, 0.1) is 53.0 Å². The van der Waals surface area contributed by atoms with Crippen molar-refractivity contribution in [2.24, 2.45) is 0 Å². The zero-order chi connectivity index (χ0) is 69.1. The zero-order valence-corrected chi connectivity index (χ0v) is 49.3. The number of nitrogen functional groups attached to an aromatic ring is 1. The van der Waals surface area contributed by atoms with Gasteiger partial charge in [-0.05, 0) is 72.8 Å². The van der Waals surface area contributed by atoms with E-state index in [-0.39, 0.29) is 62.6 Å². The number of nitrogens with zero attached hydrogens (tertiary/aromatic N) is 19. The number of H-pyrrole nitrogens is 1. The van der Waals surface area contributed by atoms with Gasteiger partial charge in [-0.2, -0.15) is 0 Å². The third kappa shape index (κ3) is 20.4. The van der Waals surface area contributed by atoms with Crippen LogP contribution in [0.2, 0.25) is 5.15 Å². The molecule has 96 heavy (non-hydrogen) atoms. The number of carboxylic acid groups (broad SMARTS) is 6. The number of nitrogens with one attached hydrogen (secondary N) is 1. The minimum atomic E-state index is -1.18. The lowest BCUT2D eigenvalue weighted by atomic mass is 10.1. The van der Waals surface area contributed by atoms with E-state index in [9.17, 15) is 38.0 Å². The van der Waals surface area contributed by atoms with Crippen LogP contribution in [0, 0.1) is 5.82 Å². The summed E-state index contributed by atoms with van der Waals surface area (Å²) >= 11 is 5.73. The number of halogens is 2. The average Bonchev–Trinajstić information content (AvgIpc) is 0.952. The van der Waals surface area contributed by atoms with Crippen molar-refractivity contribution in [3.05, 3.63) is 234 Å². The second kappa shape index (κ2) is 34.0. The van der Waals surface area contributed by atoms with Crippen molar-refractivity contribution in [3.63, 3.8) is 0 Å². The maximum absolute atomic E-state index is 13.3. The topological polar surface area (TPSA) is 537 Å². The van der Waals surface area contributed by atoms with E-state index in [2.05, 4.69) is 99.7 Å². The summed E-state index contributed by atoms with van der Waals surface area (Å²) in [6.45, 7) is 0. The second-order valence-corrected chi connectivity index (χ2v) is 18.1. The molecule has 0 saturated carbocycles. The van der Waals surface area contributed by atoms with Crippen molar-refractivity contribution >= 4 is 53.4 Å². The van der Waals surface area contributed by atoms with Crippen LogP contribution in [0.3, 0.4) is 0 Å². The van der Waals surface area contributed by atoms with Crippen molar-refractivity contribution < 1.29 is 68.5 Å². The number of carboxylic acids is 6. The molecule has 0 saturated heterocycles. The number of pyridine rings is 4. The van der Waals surface area contributed by atoms with E-state index in [4.69, 9.17) is 52.7 Å². The molecule has 12 rings (SSSR count). The van der Waals surface area contributed by atoms with E-state index in [1.807, 2.05) is 0 Å². The first-order chi connectivity index (χ1) is 46.2. The van der Waals surface area contributed by atoms with Gasteiger partial charge in [-0.1, -0.05) is 11.6 Å². The Morgan fingerprint density at radius 1 is 0.417 bits per heavy atom. The Hall–Kier alpha value is -14.3. The molecule has 35 nitrogen and oxygen atoms in total. The summed E-state index contributed by atoms with van der Waals surface area (Å²) in [6.07, 6.45) is 21.5. The van der Waals surface area contributed by atoms with Gasteiger partial charge in [0.25, 0.3) is 5.56 Å². The molecule has 0 aliphatic heterocycles. The lowest BCUT2D eigenvalue weighted by molar-refractivity contribution is 0.0679. The lowest BCUT2D eigenvalue weighted by Crippen LogP contribution is -2.09. The maximum Gasteiger partial charge on any atom is 0.354 e. The third-order valence-corrected chi connectivity index (χ3v) is 11.8. The molecule has 480 valence electrons. The number of ether oxygens (including phenoxy) is 1. The Morgan fingerprint density at radius 3 is 1.21 bits per heavy atom. The summed E-state index contributed by atoms with van der Waals surface area (Å²) < 4.78 is 18.3. The SMILES string of the molecule is COc1cc(-c2cc(C(=O)O)ncn2)ccn1.Nc1ncc(-c2cc(C(=O)O)ncn2)cn1.O=C(O)c1cc(-c2ccc[nH]c2=O)ncn1.O=C(O)c1cc(-c2ccnc(Cl)c2)ncn1.O=C(O)c1cc(-c2ccncc2F)ncn1.O=C(O)c1cc(-c2cncnc2)ncn1. The molecule has 9 N–H and O–H groups in total. The number of nitrogens with two attached hydrogens (primary N) is 1. The number of aromatic amines is 1. The molecule has 37 heteroatoms. The number of methoxy groups -OCH3 is 1. The van der Waals surface area contributed by atoms with Gasteiger partial charge in [0.2, 0.25) is 11.8 Å². The predicted octanol–water partition coefficient (Wildman–Crippen LogP) is 5.89. The Bertz CT molecular complexity index is 4800. The predicted molar refractivity (Wildman–Crippen MR) is 328 cm³/mol. The molecule has 0 spiro atoms. The Labute approximate surface area is 540 Å². The molecule has 12 aromatic heterocycles. The molecular formula is C59H41ClFN21O14. The summed E-state index contributed by atoms with van der Waals surface area (Å²) in [6, 6.07) is 19.3. The fraction of sp³-hybridized carbons (Fsp3) is 0.0169. The lowest BCUT2D eigenvalue weighted by Gasteiger charge is -2.03. The Kier molecular flexibility index (Phi) is 24.5. The molecule has 0 bridgehead atoms. The Balaban J connectivity index is 0.000000163. The minimum Gasteiger partial charge on any atom is -0.481 e. The van der Waals surface area contributed by atoms with Crippen LogP contribution >= 0.6 is 11.6 Å². The van der Waals surface area contributed by atoms with Crippen LogP contribution in [0.25, 0.3) is 67.5 Å². The first-order valence-electron chi connectivity index (χ1n) is 26.2. The molecule has 0 radical (unpaired) electrons. The fourth-order valence-corrected chi connectivity index (χ4v) is 7.30. The molecule has 0 unspecified atom stereocenters. The number of hydrogen-bond acceptors (Lipinski definition) is 28. The number of aromatic nitrogens is 20. The number of aromatic carboxylic acids is 6. The summed E-state index contributed by atoms with van der Waals surface area (Å²) in [4.78, 5) is 150. The molecule has 12 aromatic rings. The minimum absolute atomic E-state index is 0.0502. The standard InChI is InChI=1S/C11H9N3O3.C10H6ClN3O2.C10H6FN3O2.C10H7N3O3.C9H7N5O2.C9H6N4O2/c1-17-10-4-7(2-3-12-10)8-5-9(11(15)16)14-6-13-8;11-9-3-6(1-2-12-9)7-4-8(10(15)16)14-5-13-7;11-7-4-12-2-1-6(7)8-3-9(10(15)16)14-5-13-8;14-9-6(2-1-3-11-9)7-4-8(10(15)16)13-5-12-7;10-9-11-2-5(3-12-9)6-1-7(8(15)16)14-4-13-6;14-9(15)8-1-7(12-5-13-8)6-2-10-4-11-3-6/h2-6H,1H3,(H,15,16);2*1-5H,(H,15,16);1-5H,(H,11,14)(H,15,16);1-4H,(H,15,16)(H2,10,11,12);1-5H,(H,14,15). The van der Waals surface area contributed by atoms with E-state index in [1.165, 1.54) is 112 Å². The van der Waals surface area contributed by atoms with E-state index in [0.29, 0.717) is 56.1 Å². The monoisotopic (exact) mass is 1320 g/mol. The van der Waals surface area contributed by atoms with Crippen LogP contribution in [0.5, 0.6) is 5.88 Å². The molecule has 0 aliphatic carbocycles. The third-order valence-electron chi connectivity index (χ3n) is 11.5. The van der Waals surface area contributed by atoms with Gasteiger partial charge in [0.15, 0.2) is 40.0 Å². The number of anilines is 1. The van der Waals surface area contributed by atoms with E-state index in [1.54, 1.807) is 55.0 Å². The van der Waals surface area contributed by atoms with Crippen molar-refractivity contribution in [1.29, 1.82) is 0 Å². The van der Waals surface area contributed by atoms with Crippen LogP contribution in [-0.2, 0) is 0 Å². The summed E-state index contributed by atoms with van der Waals surface area (Å²) in [5.41, 5.74) is 10.1. The van der Waals surface area contributed by atoms with E-state index < -0.39 is 41.6 Å². The van der Waals surface area contributed by atoms with Crippen LogP contribution < -0.4 is 16.0 Å². The van der Waals surface area contributed by atoms with Gasteiger partial charge in [0, 0.05) is 83.5 Å². The molecule has 12 heterocycles. The van der Waals surface area contributed by atoms with Crippen molar-refractivity contribution in [1.82, 2.24) is 99.7 Å².